The lowest BCUT2D eigenvalue weighted by Crippen LogP contribution is -2.44. The number of rotatable bonds is 7. The molecule has 0 aliphatic carbocycles. The number of aromatic nitrogens is 2. The van der Waals surface area contributed by atoms with E-state index < -0.39 is 5.82 Å². The van der Waals surface area contributed by atoms with Gasteiger partial charge in [-0.15, -0.1) is 0 Å². The SMILES string of the molecule is CNCCC(NC(=O)N1CCc2cnc(NC(C)C)nc2C1)c1ccc(Cl)c(F)c1. The number of benzene rings is 1. The third-order valence-electron chi connectivity index (χ3n) is 4.98. The second-order valence-electron chi connectivity index (χ2n) is 7.70. The third kappa shape index (κ3) is 5.58. The van der Waals surface area contributed by atoms with Crippen LogP contribution in [-0.4, -0.2) is 47.1 Å². The molecule has 2 amide bonds. The summed E-state index contributed by atoms with van der Waals surface area (Å²) in [5.74, 6) is 0.0706. The van der Waals surface area contributed by atoms with Gasteiger partial charge in [-0.3, -0.25) is 0 Å². The predicted octanol–water partition coefficient (Wildman–Crippen LogP) is 3.51. The maximum Gasteiger partial charge on any atom is 0.318 e. The van der Waals surface area contributed by atoms with Gasteiger partial charge in [-0.05, 0) is 63.5 Å². The van der Waals surface area contributed by atoms with Crippen molar-refractivity contribution in [3.63, 3.8) is 0 Å². The molecule has 0 saturated heterocycles. The van der Waals surface area contributed by atoms with Gasteiger partial charge >= 0.3 is 6.03 Å². The fraction of sp³-hybridized carbons (Fsp3) is 0.476. The molecule has 7 nitrogen and oxygen atoms in total. The van der Waals surface area contributed by atoms with Crippen molar-refractivity contribution in [3.05, 3.63) is 52.1 Å². The molecular formula is C21H28ClFN6O. The van der Waals surface area contributed by atoms with Gasteiger partial charge < -0.3 is 20.9 Å². The maximum absolute atomic E-state index is 14.0. The van der Waals surface area contributed by atoms with Gasteiger partial charge in [0.25, 0.3) is 0 Å². The van der Waals surface area contributed by atoms with Crippen LogP contribution in [0.2, 0.25) is 5.02 Å². The van der Waals surface area contributed by atoms with Crippen LogP contribution in [0.3, 0.4) is 0 Å². The highest BCUT2D eigenvalue weighted by atomic mass is 35.5. The molecule has 2 heterocycles. The van der Waals surface area contributed by atoms with Crippen molar-refractivity contribution in [1.82, 2.24) is 25.5 Å². The molecule has 3 N–H and O–H groups in total. The zero-order valence-corrected chi connectivity index (χ0v) is 18.3. The third-order valence-corrected chi connectivity index (χ3v) is 5.28. The first-order valence-corrected chi connectivity index (χ1v) is 10.5. The van der Waals surface area contributed by atoms with Crippen LogP contribution in [0.1, 0.15) is 43.1 Å². The van der Waals surface area contributed by atoms with Gasteiger partial charge in [0.1, 0.15) is 5.82 Å². The monoisotopic (exact) mass is 434 g/mol. The number of carbonyl (C=O) groups excluding carboxylic acids is 1. The number of hydrogen-bond donors (Lipinski definition) is 3. The maximum atomic E-state index is 14.0. The Balaban J connectivity index is 1.72. The number of carbonyl (C=O) groups is 1. The largest absolute Gasteiger partial charge is 0.352 e. The zero-order valence-electron chi connectivity index (χ0n) is 17.5. The molecule has 162 valence electrons. The molecule has 1 atom stereocenters. The summed E-state index contributed by atoms with van der Waals surface area (Å²) < 4.78 is 14.0. The lowest BCUT2D eigenvalue weighted by Gasteiger charge is -2.30. The number of nitrogens with one attached hydrogen (secondary N) is 3. The summed E-state index contributed by atoms with van der Waals surface area (Å²) in [6.45, 7) is 5.70. The Morgan fingerprint density at radius 1 is 1.37 bits per heavy atom. The molecule has 3 rings (SSSR count). The molecule has 0 fully saturated rings. The Bertz CT molecular complexity index is 894. The van der Waals surface area contributed by atoms with Gasteiger partial charge in [-0.25, -0.2) is 19.2 Å². The van der Waals surface area contributed by atoms with E-state index in [0.29, 0.717) is 44.0 Å². The standard InChI is InChI=1S/C21H28ClFN6O/c1-13(2)26-20-25-11-15-7-9-29(12-19(15)27-20)21(30)28-18(6-8-24-3)14-4-5-16(22)17(23)10-14/h4-5,10-11,13,18,24H,6-9,12H2,1-3H3,(H,28,30)(H,25,26,27). The first-order valence-electron chi connectivity index (χ1n) is 10.1. The average molecular weight is 435 g/mol. The van der Waals surface area contributed by atoms with Gasteiger partial charge in [-0.1, -0.05) is 17.7 Å². The fourth-order valence-corrected chi connectivity index (χ4v) is 3.50. The van der Waals surface area contributed by atoms with E-state index in [1.807, 2.05) is 27.1 Å². The Labute approximate surface area is 181 Å². The van der Waals surface area contributed by atoms with Crippen molar-refractivity contribution in [2.24, 2.45) is 0 Å². The highest BCUT2D eigenvalue weighted by Crippen LogP contribution is 2.24. The number of urea groups is 1. The molecule has 0 saturated carbocycles. The van der Waals surface area contributed by atoms with Gasteiger partial charge in [0.05, 0.1) is 23.3 Å². The Hall–Kier alpha value is -2.45. The summed E-state index contributed by atoms with van der Waals surface area (Å²) >= 11 is 5.81. The summed E-state index contributed by atoms with van der Waals surface area (Å²) in [5, 5.41) is 9.37. The van der Waals surface area contributed by atoms with E-state index in [9.17, 15) is 9.18 Å². The van der Waals surface area contributed by atoms with Crippen LogP contribution in [0.4, 0.5) is 15.1 Å². The van der Waals surface area contributed by atoms with Crippen LogP contribution >= 0.6 is 11.6 Å². The molecule has 30 heavy (non-hydrogen) atoms. The second kappa shape index (κ2) is 10.0. The number of halogens is 2. The lowest BCUT2D eigenvalue weighted by molar-refractivity contribution is 0.186. The van der Waals surface area contributed by atoms with Crippen molar-refractivity contribution in [3.8, 4) is 0 Å². The first kappa shape index (κ1) is 22.2. The second-order valence-corrected chi connectivity index (χ2v) is 8.11. The minimum absolute atomic E-state index is 0.0653. The van der Waals surface area contributed by atoms with Gasteiger partial charge in [0.15, 0.2) is 0 Å². The van der Waals surface area contributed by atoms with E-state index in [2.05, 4.69) is 25.9 Å². The van der Waals surface area contributed by atoms with E-state index in [-0.39, 0.29) is 23.1 Å². The quantitative estimate of drug-likeness (QED) is 0.621. The Kier molecular flexibility index (Phi) is 7.44. The van der Waals surface area contributed by atoms with Crippen molar-refractivity contribution in [1.29, 1.82) is 0 Å². The molecule has 2 aromatic rings. The van der Waals surface area contributed by atoms with E-state index in [1.165, 1.54) is 12.1 Å². The lowest BCUT2D eigenvalue weighted by atomic mass is 10.0. The van der Waals surface area contributed by atoms with E-state index in [4.69, 9.17) is 11.6 Å². The molecule has 0 spiro atoms. The van der Waals surface area contributed by atoms with E-state index >= 15 is 0 Å². The molecule has 1 unspecified atom stereocenters. The molecule has 1 aliphatic heterocycles. The molecule has 9 heteroatoms. The van der Waals surface area contributed by atoms with E-state index in [1.54, 1.807) is 11.0 Å². The predicted molar refractivity (Wildman–Crippen MR) is 116 cm³/mol. The number of amides is 2. The van der Waals surface area contributed by atoms with Crippen molar-refractivity contribution in [2.45, 2.75) is 45.3 Å². The average Bonchev–Trinajstić information content (AvgIpc) is 2.72. The Morgan fingerprint density at radius 2 is 2.17 bits per heavy atom. The zero-order chi connectivity index (χ0) is 21.7. The van der Waals surface area contributed by atoms with Crippen LogP contribution in [0.25, 0.3) is 0 Å². The van der Waals surface area contributed by atoms with Gasteiger partial charge in [0, 0.05) is 18.8 Å². The van der Waals surface area contributed by atoms with Crippen LogP contribution < -0.4 is 16.0 Å². The smallest absolute Gasteiger partial charge is 0.318 e. The molecule has 1 aromatic carbocycles. The normalized spacial score (nSPS) is 14.4. The van der Waals surface area contributed by atoms with Gasteiger partial charge in [-0.2, -0.15) is 0 Å². The van der Waals surface area contributed by atoms with E-state index in [0.717, 1.165) is 11.3 Å². The van der Waals surface area contributed by atoms with Crippen molar-refractivity contribution < 1.29 is 9.18 Å². The molecule has 1 aromatic heterocycles. The number of anilines is 1. The molecular weight excluding hydrogens is 407 g/mol. The van der Waals surface area contributed by atoms with Gasteiger partial charge in [0.2, 0.25) is 5.95 Å². The summed E-state index contributed by atoms with van der Waals surface area (Å²) in [4.78, 5) is 23.6. The first-order chi connectivity index (χ1) is 14.4. The Morgan fingerprint density at radius 3 is 2.87 bits per heavy atom. The number of hydrogen-bond acceptors (Lipinski definition) is 5. The van der Waals surface area contributed by atoms with Crippen molar-refractivity contribution in [2.75, 3.05) is 25.5 Å². The van der Waals surface area contributed by atoms with Crippen LogP contribution in [0, 0.1) is 5.82 Å². The highest BCUT2D eigenvalue weighted by Gasteiger charge is 2.25. The molecule has 1 aliphatic rings. The number of fused-ring (bicyclic) bond motifs is 1. The number of nitrogens with zero attached hydrogens (tertiary/aromatic N) is 3. The minimum Gasteiger partial charge on any atom is -0.352 e. The highest BCUT2D eigenvalue weighted by molar-refractivity contribution is 6.30. The summed E-state index contributed by atoms with van der Waals surface area (Å²) in [6, 6.07) is 4.33. The summed E-state index contributed by atoms with van der Waals surface area (Å²) in [5.41, 5.74) is 2.59. The van der Waals surface area contributed by atoms with Crippen LogP contribution in [-0.2, 0) is 13.0 Å². The van der Waals surface area contributed by atoms with Crippen LogP contribution in [0.15, 0.2) is 24.4 Å². The minimum atomic E-state index is -0.494. The summed E-state index contributed by atoms with van der Waals surface area (Å²) in [6.07, 6.45) is 3.15. The summed E-state index contributed by atoms with van der Waals surface area (Å²) in [7, 11) is 1.84. The molecule has 0 bridgehead atoms. The van der Waals surface area contributed by atoms with Crippen molar-refractivity contribution >= 4 is 23.6 Å². The topological polar surface area (TPSA) is 82.2 Å². The molecule has 0 radical (unpaired) electrons. The van der Waals surface area contributed by atoms with Crippen LogP contribution in [0.5, 0.6) is 0 Å². The fourth-order valence-electron chi connectivity index (χ4n) is 3.38.